The Bertz CT molecular complexity index is 1270. The van der Waals surface area contributed by atoms with Crippen LogP contribution in [0.3, 0.4) is 0 Å². The van der Waals surface area contributed by atoms with Gasteiger partial charge in [0, 0.05) is 10.7 Å². The minimum Gasteiger partial charge on any atom is -0.325 e. The van der Waals surface area contributed by atoms with Gasteiger partial charge in [-0.25, -0.2) is 9.36 Å². The summed E-state index contributed by atoms with van der Waals surface area (Å²) in [6.45, 7) is -0.220. The van der Waals surface area contributed by atoms with Gasteiger partial charge in [-0.15, -0.1) is 11.3 Å². The predicted octanol–water partition coefficient (Wildman–Crippen LogP) is 3.51. The van der Waals surface area contributed by atoms with E-state index in [4.69, 9.17) is 11.6 Å². The fourth-order valence-corrected chi connectivity index (χ4v) is 3.87. The van der Waals surface area contributed by atoms with Gasteiger partial charge in [0.2, 0.25) is 5.91 Å². The lowest BCUT2D eigenvalue weighted by Gasteiger charge is -2.12. The number of thiophene rings is 1. The number of fused-ring (bicyclic) bond motifs is 1. The molecule has 4 rings (SSSR count). The molecule has 1 N–H and O–H groups in total. The van der Waals surface area contributed by atoms with Crippen LogP contribution in [0, 0.1) is 0 Å². The summed E-state index contributed by atoms with van der Waals surface area (Å²) in [6.07, 6.45) is 0. The number of hydrogen-bond donors (Lipinski definition) is 1. The molecule has 2 aromatic carbocycles. The Hall–Kier alpha value is -3.16. The van der Waals surface area contributed by atoms with Crippen LogP contribution in [0.15, 0.2) is 75.6 Å². The molecule has 140 valence electrons. The number of nitrogens with one attached hydrogen (secondary N) is 1. The minimum absolute atomic E-state index is 0.220. The second-order valence-corrected chi connectivity index (χ2v) is 7.39. The molecule has 0 bridgehead atoms. The first kappa shape index (κ1) is 18.2. The van der Waals surface area contributed by atoms with E-state index in [1.54, 1.807) is 66.0 Å². The number of halogens is 1. The van der Waals surface area contributed by atoms with E-state index in [1.165, 1.54) is 15.9 Å². The number of aromatic nitrogens is 2. The number of carbonyl (C=O) groups is 1. The van der Waals surface area contributed by atoms with Crippen LogP contribution in [0.25, 0.3) is 15.9 Å². The van der Waals surface area contributed by atoms with Crippen molar-refractivity contribution < 1.29 is 4.79 Å². The van der Waals surface area contributed by atoms with Crippen LogP contribution in [0.2, 0.25) is 5.02 Å². The second-order valence-electron chi connectivity index (χ2n) is 6.03. The number of rotatable bonds is 4. The molecule has 0 unspecified atom stereocenters. The van der Waals surface area contributed by atoms with Crippen molar-refractivity contribution in [1.29, 1.82) is 0 Å². The average Bonchev–Trinajstić information content (AvgIpc) is 3.18. The molecule has 0 fully saturated rings. The van der Waals surface area contributed by atoms with Gasteiger partial charge in [-0.3, -0.25) is 14.2 Å². The van der Waals surface area contributed by atoms with Crippen LogP contribution in [0.5, 0.6) is 0 Å². The summed E-state index contributed by atoms with van der Waals surface area (Å²) in [4.78, 5) is 38.4. The van der Waals surface area contributed by atoms with E-state index >= 15 is 0 Å². The number of amides is 1. The van der Waals surface area contributed by atoms with Crippen LogP contribution in [0.4, 0.5) is 5.69 Å². The van der Waals surface area contributed by atoms with Crippen LogP contribution in [-0.4, -0.2) is 15.0 Å². The molecule has 0 aliphatic rings. The van der Waals surface area contributed by atoms with Crippen molar-refractivity contribution >= 4 is 44.7 Å². The summed E-state index contributed by atoms with van der Waals surface area (Å²) in [5.41, 5.74) is 0.516. The summed E-state index contributed by atoms with van der Waals surface area (Å²) in [7, 11) is 0. The van der Waals surface area contributed by atoms with E-state index < -0.39 is 11.2 Å². The SMILES string of the molecule is O=C(Cn1c(=O)n(-c2ccccc2)c(=O)c2sccc21)Nc1ccc(Cl)cc1. The highest BCUT2D eigenvalue weighted by atomic mass is 35.5. The second kappa shape index (κ2) is 7.46. The number of nitrogens with zero attached hydrogens (tertiary/aromatic N) is 2. The fourth-order valence-electron chi connectivity index (χ4n) is 2.92. The van der Waals surface area contributed by atoms with E-state index in [0.717, 1.165) is 4.57 Å². The molecule has 8 heteroatoms. The molecule has 0 spiro atoms. The highest BCUT2D eigenvalue weighted by Crippen LogP contribution is 2.17. The fraction of sp³-hybridized carbons (Fsp3) is 0.0500. The Labute approximate surface area is 168 Å². The van der Waals surface area contributed by atoms with Crippen LogP contribution in [-0.2, 0) is 11.3 Å². The topological polar surface area (TPSA) is 73.1 Å². The average molecular weight is 412 g/mol. The van der Waals surface area contributed by atoms with E-state index in [-0.39, 0.29) is 12.5 Å². The molecule has 0 saturated carbocycles. The molecule has 2 aromatic heterocycles. The predicted molar refractivity (Wildman–Crippen MR) is 112 cm³/mol. The van der Waals surface area contributed by atoms with Gasteiger partial charge in [0.25, 0.3) is 5.56 Å². The first-order chi connectivity index (χ1) is 13.5. The third-order valence-electron chi connectivity index (χ3n) is 4.20. The van der Waals surface area contributed by atoms with Crippen LogP contribution < -0.4 is 16.6 Å². The van der Waals surface area contributed by atoms with Crippen LogP contribution >= 0.6 is 22.9 Å². The molecular weight excluding hydrogens is 398 g/mol. The molecule has 2 heterocycles. The van der Waals surface area contributed by atoms with Gasteiger partial charge in [-0.2, -0.15) is 0 Å². The van der Waals surface area contributed by atoms with Gasteiger partial charge in [0.05, 0.1) is 11.2 Å². The zero-order chi connectivity index (χ0) is 19.7. The Kier molecular flexibility index (Phi) is 4.85. The maximum absolute atomic E-state index is 13.1. The quantitative estimate of drug-likeness (QED) is 0.558. The first-order valence-corrected chi connectivity index (χ1v) is 9.64. The van der Waals surface area contributed by atoms with Crippen molar-refractivity contribution in [2.24, 2.45) is 0 Å². The van der Waals surface area contributed by atoms with Crippen molar-refractivity contribution in [3.05, 3.63) is 91.9 Å². The van der Waals surface area contributed by atoms with Crippen molar-refractivity contribution in [3.63, 3.8) is 0 Å². The molecule has 1 amide bonds. The van der Waals surface area contributed by atoms with Crippen molar-refractivity contribution in [1.82, 2.24) is 9.13 Å². The molecule has 4 aromatic rings. The molecular formula is C20H14ClN3O3S. The maximum atomic E-state index is 13.1. The summed E-state index contributed by atoms with van der Waals surface area (Å²) in [5.74, 6) is -0.379. The third-order valence-corrected chi connectivity index (χ3v) is 5.34. The number of para-hydroxylation sites is 1. The molecule has 0 aliphatic heterocycles. The number of carbonyl (C=O) groups excluding carboxylic acids is 1. The van der Waals surface area contributed by atoms with Gasteiger partial charge in [0.15, 0.2) is 0 Å². The lowest BCUT2D eigenvalue weighted by molar-refractivity contribution is -0.116. The molecule has 6 nitrogen and oxygen atoms in total. The number of anilines is 1. The molecule has 0 aliphatic carbocycles. The highest BCUT2D eigenvalue weighted by Gasteiger charge is 2.17. The van der Waals surface area contributed by atoms with Crippen molar-refractivity contribution in [2.45, 2.75) is 6.54 Å². The lowest BCUT2D eigenvalue weighted by atomic mass is 10.3. The lowest BCUT2D eigenvalue weighted by Crippen LogP contribution is -2.40. The first-order valence-electron chi connectivity index (χ1n) is 8.38. The Morgan fingerprint density at radius 2 is 1.71 bits per heavy atom. The van der Waals surface area contributed by atoms with E-state index in [1.807, 2.05) is 0 Å². The van der Waals surface area contributed by atoms with Gasteiger partial charge < -0.3 is 5.32 Å². The van der Waals surface area contributed by atoms with Crippen molar-refractivity contribution in [3.8, 4) is 5.69 Å². The van der Waals surface area contributed by atoms with Gasteiger partial charge in [0.1, 0.15) is 11.2 Å². The minimum atomic E-state index is -0.562. The van der Waals surface area contributed by atoms with E-state index in [2.05, 4.69) is 5.32 Å². The van der Waals surface area contributed by atoms with Gasteiger partial charge >= 0.3 is 5.69 Å². The molecule has 28 heavy (non-hydrogen) atoms. The zero-order valence-electron chi connectivity index (χ0n) is 14.5. The van der Waals surface area contributed by atoms with Crippen LogP contribution in [0.1, 0.15) is 0 Å². The Morgan fingerprint density at radius 1 is 1.00 bits per heavy atom. The number of benzene rings is 2. The standard InChI is InChI=1S/C20H14ClN3O3S/c21-13-6-8-14(9-7-13)22-17(25)12-23-16-10-11-28-18(16)19(26)24(20(23)27)15-4-2-1-3-5-15/h1-11H,12H2,(H,22,25). The summed E-state index contributed by atoms with van der Waals surface area (Å²) in [5, 5.41) is 5.02. The number of hydrogen-bond acceptors (Lipinski definition) is 4. The molecule has 0 saturated heterocycles. The highest BCUT2D eigenvalue weighted by molar-refractivity contribution is 7.17. The maximum Gasteiger partial charge on any atom is 0.336 e. The van der Waals surface area contributed by atoms with Gasteiger partial charge in [-0.05, 0) is 47.8 Å². The Morgan fingerprint density at radius 3 is 2.43 bits per heavy atom. The largest absolute Gasteiger partial charge is 0.336 e. The third kappa shape index (κ3) is 3.37. The smallest absolute Gasteiger partial charge is 0.325 e. The molecule has 0 atom stereocenters. The summed E-state index contributed by atoms with van der Waals surface area (Å²) in [6, 6.07) is 17.0. The summed E-state index contributed by atoms with van der Waals surface area (Å²) < 4.78 is 2.82. The van der Waals surface area contributed by atoms with E-state index in [0.29, 0.717) is 26.6 Å². The summed E-state index contributed by atoms with van der Waals surface area (Å²) >= 11 is 7.09. The monoisotopic (exact) mass is 411 g/mol. The zero-order valence-corrected chi connectivity index (χ0v) is 16.0. The normalized spacial score (nSPS) is 10.9. The Balaban J connectivity index is 1.77. The van der Waals surface area contributed by atoms with E-state index in [9.17, 15) is 14.4 Å². The molecule has 0 radical (unpaired) electrons. The van der Waals surface area contributed by atoms with Crippen molar-refractivity contribution in [2.75, 3.05) is 5.32 Å². The van der Waals surface area contributed by atoms with Gasteiger partial charge in [-0.1, -0.05) is 29.8 Å².